The van der Waals surface area contributed by atoms with Crippen LogP contribution in [0.2, 0.25) is 0 Å². The van der Waals surface area contributed by atoms with Crippen LogP contribution >= 0.6 is 0 Å². The van der Waals surface area contributed by atoms with Gasteiger partial charge in [0.1, 0.15) is 0 Å². The fraction of sp³-hybridized carbons (Fsp3) is 0.667. The minimum Gasteiger partial charge on any atom is -0.247 e. The molecule has 0 unspecified atom stereocenters. The first-order valence-corrected chi connectivity index (χ1v) is 3.10. The summed E-state index contributed by atoms with van der Waals surface area (Å²) in [5, 5.41) is 0. The van der Waals surface area contributed by atoms with Crippen LogP contribution in [-0.2, 0) is 19.4 Å². The third-order valence-corrected chi connectivity index (χ3v) is 0.805. The monoisotopic (exact) mass is 146 g/mol. The molecular weight excluding hydrogens is 136 g/mol. The van der Waals surface area contributed by atoms with E-state index in [0.717, 1.165) is 0 Å². The van der Waals surface area contributed by atoms with E-state index in [4.69, 9.17) is 0 Å². The van der Waals surface area contributed by atoms with E-state index in [1.165, 1.54) is 0 Å². The average molecular weight is 146 g/mol. The van der Waals surface area contributed by atoms with Crippen LogP contribution in [-0.4, -0.2) is 11.9 Å². The predicted octanol–water partition coefficient (Wildman–Crippen LogP) is 0.808. The van der Waals surface area contributed by atoms with Crippen LogP contribution in [0.5, 0.6) is 0 Å². The molecule has 0 aliphatic carbocycles. The van der Waals surface area contributed by atoms with Gasteiger partial charge in [-0.1, -0.05) is 13.8 Å². The highest BCUT2D eigenvalue weighted by atomic mass is 17.2. The summed E-state index contributed by atoms with van der Waals surface area (Å²) in [5.74, 6) is -1.08. The van der Waals surface area contributed by atoms with Gasteiger partial charge in [-0.15, -0.1) is 0 Å². The van der Waals surface area contributed by atoms with Gasteiger partial charge in [0.2, 0.25) is 0 Å². The average Bonchev–Trinajstić information content (AvgIpc) is 1.99. The second-order valence-corrected chi connectivity index (χ2v) is 1.62. The molecule has 0 aromatic heterocycles. The highest BCUT2D eigenvalue weighted by Crippen LogP contribution is 1.89. The third-order valence-electron chi connectivity index (χ3n) is 0.805. The van der Waals surface area contributed by atoms with Crippen LogP contribution in [0.4, 0.5) is 0 Å². The lowest BCUT2D eigenvalue weighted by Crippen LogP contribution is -2.08. The maximum absolute atomic E-state index is 10.3. The van der Waals surface area contributed by atoms with E-state index >= 15 is 0 Å². The van der Waals surface area contributed by atoms with Crippen LogP contribution in [0, 0.1) is 0 Å². The quantitative estimate of drug-likeness (QED) is 0.427. The molecule has 0 aromatic carbocycles. The van der Waals surface area contributed by atoms with Crippen molar-refractivity contribution in [3.8, 4) is 0 Å². The van der Waals surface area contributed by atoms with Gasteiger partial charge in [0.05, 0.1) is 0 Å². The molecule has 0 heterocycles. The zero-order valence-corrected chi connectivity index (χ0v) is 6.05. The maximum atomic E-state index is 10.3. The Balaban J connectivity index is 3.35. The van der Waals surface area contributed by atoms with Gasteiger partial charge in [0, 0.05) is 12.8 Å². The van der Waals surface area contributed by atoms with E-state index in [9.17, 15) is 9.59 Å². The maximum Gasteiger partial charge on any atom is 0.355 e. The molecule has 0 saturated heterocycles. The Morgan fingerprint density at radius 2 is 1.30 bits per heavy atom. The first-order chi connectivity index (χ1) is 4.70. The normalized spacial score (nSPS) is 8.60. The van der Waals surface area contributed by atoms with Gasteiger partial charge < -0.3 is 0 Å². The molecule has 0 saturated carbocycles. The Labute approximate surface area is 59.0 Å². The summed E-state index contributed by atoms with van der Waals surface area (Å²) in [6, 6.07) is 0. The smallest absolute Gasteiger partial charge is 0.247 e. The molecule has 0 fully saturated rings. The molecule has 0 amide bonds. The van der Waals surface area contributed by atoms with E-state index in [1.807, 2.05) is 0 Å². The minimum absolute atomic E-state index is 0.205. The molecular formula is C6H10O4. The second kappa shape index (κ2) is 4.78. The van der Waals surface area contributed by atoms with Crippen LogP contribution < -0.4 is 0 Å². The molecule has 0 rings (SSSR count). The largest absolute Gasteiger partial charge is 0.355 e. The van der Waals surface area contributed by atoms with Crippen LogP contribution in [0.25, 0.3) is 0 Å². The predicted molar refractivity (Wildman–Crippen MR) is 32.8 cm³/mol. The second-order valence-electron chi connectivity index (χ2n) is 1.62. The van der Waals surface area contributed by atoms with E-state index in [1.54, 1.807) is 13.8 Å². The summed E-state index contributed by atoms with van der Waals surface area (Å²) in [4.78, 5) is 28.8. The van der Waals surface area contributed by atoms with Gasteiger partial charge in [0.15, 0.2) is 0 Å². The highest BCUT2D eigenvalue weighted by molar-refractivity contribution is 5.72. The van der Waals surface area contributed by atoms with Gasteiger partial charge in [-0.05, 0) is 0 Å². The highest BCUT2D eigenvalue weighted by Gasteiger charge is 2.03. The Kier molecular flexibility index (Phi) is 4.28. The van der Waals surface area contributed by atoms with Crippen molar-refractivity contribution in [2.24, 2.45) is 0 Å². The van der Waals surface area contributed by atoms with Gasteiger partial charge in [-0.25, -0.2) is 19.4 Å². The Morgan fingerprint density at radius 3 is 1.50 bits per heavy atom. The van der Waals surface area contributed by atoms with E-state index in [0.29, 0.717) is 0 Å². The number of carbonyl (C=O) groups is 2. The van der Waals surface area contributed by atoms with Gasteiger partial charge in [0.25, 0.3) is 0 Å². The molecule has 4 nitrogen and oxygen atoms in total. The lowest BCUT2D eigenvalue weighted by Gasteiger charge is -1.97. The Hall–Kier alpha value is -1.06. The molecule has 0 spiro atoms. The van der Waals surface area contributed by atoms with Crippen molar-refractivity contribution < 1.29 is 19.4 Å². The van der Waals surface area contributed by atoms with E-state index in [2.05, 4.69) is 9.78 Å². The molecule has 4 heteroatoms. The summed E-state index contributed by atoms with van der Waals surface area (Å²) in [6.45, 7) is 3.23. The fourth-order valence-corrected chi connectivity index (χ4v) is 0.211. The van der Waals surface area contributed by atoms with Crippen LogP contribution in [0.15, 0.2) is 0 Å². The zero-order chi connectivity index (χ0) is 7.98. The fourth-order valence-electron chi connectivity index (χ4n) is 0.211. The Bertz CT molecular complexity index is 114. The number of rotatable bonds is 2. The van der Waals surface area contributed by atoms with E-state index in [-0.39, 0.29) is 12.8 Å². The van der Waals surface area contributed by atoms with Crippen molar-refractivity contribution in [1.29, 1.82) is 0 Å². The molecule has 10 heavy (non-hydrogen) atoms. The summed E-state index contributed by atoms with van der Waals surface area (Å²) >= 11 is 0. The first-order valence-electron chi connectivity index (χ1n) is 3.10. The summed E-state index contributed by atoms with van der Waals surface area (Å²) in [7, 11) is 0. The molecule has 0 aliphatic heterocycles. The molecule has 0 radical (unpaired) electrons. The molecule has 58 valence electrons. The minimum atomic E-state index is -0.540. The van der Waals surface area contributed by atoms with Crippen LogP contribution in [0.3, 0.4) is 0 Å². The molecule has 0 aromatic rings. The zero-order valence-electron chi connectivity index (χ0n) is 6.05. The van der Waals surface area contributed by atoms with Gasteiger partial charge in [-0.3, -0.25) is 0 Å². The van der Waals surface area contributed by atoms with E-state index < -0.39 is 11.9 Å². The molecule has 0 N–H and O–H groups in total. The lowest BCUT2D eigenvalue weighted by molar-refractivity contribution is -0.258. The topological polar surface area (TPSA) is 52.6 Å². The third kappa shape index (κ3) is 3.88. The number of hydrogen-bond acceptors (Lipinski definition) is 4. The first kappa shape index (κ1) is 8.94. The standard InChI is InChI=1S/C6H10O4/c1-3-5(7)9-10-6(8)4-2/h3-4H2,1-2H3. The number of carbonyl (C=O) groups excluding carboxylic acids is 2. The summed E-state index contributed by atoms with van der Waals surface area (Å²) in [5.41, 5.74) is 0. The SMILES string of the molecule is CCC(=O)OOC(=O)CC. The van der Waals surface area contributed by atoms with Crippen LogP contribution in [0.1, 0.15) is 26.7 Å². The van der Waals surface area contributed by atoms with Crippen molar-refractivity contribution in [2.45, 2.75) is 26.7 Å². The number of hydrogen-bond donors (Lipinski definition) is 0. The summed E-state index contributed by atoms with van der Waals surface area (Å²) < 4.78 is 0. The molecule has 0 bridgehead atoms. The summed E-state index contributed by atoms with van der Waals surface area (Å²) in [6.07, 6.45) is 0.411. The lowest BCUT2D eigenvalue weighted by atomic mass is 10.5. The Morgan fingerprint density at radius 1 is 1.00 bits per heavy atom. The van der Waals surface area contributed by atoms with Crippen molar-refractivity contribution in [3.05, 3.63) is 0 Å². The molecule has 0 aliphatic rings. The van der Waals surface area contributed by atoms with Gasteiger partial charge in [-0.2, -0.15) is 0 Å². The van der Waals surface area contributed by atoms with Gasteiger partial charge >= 0.3 is 11.9 Å². The van der Waals surface area contributed by atoms with Crippen molar-refractivity contribution in [2.75, 3.05) is 0 Å². The molecule has 0 atom stereocenters. The van der Waals surface area contributed by atoms with Crippen molar-refractivity contribution in [1.82, 2.24) is 0 Å². The van der Waals surface area contributed by atoms with Crippen molar-refractivity contribution in [3.63, 3.8) is 0 Å². The van der Waals surface area contributed by atoms with Crippen molar-refractivity contribution >= 4 is 11.9 Å².